The summed E-state index contributed by atoms with van der Waals surface area (Å²) in [7, 11) is 0. The zero-order chi connectivity index (χ0) is 22.9. The molecule has 0 bridgehead atoms. The second kappa shape index (κ2) is 8.48. The van der Waals surface area contributed by atoms with Crippen LogP contribution in [0.15, 0.2) is 72.8 Å². The number of nitrogen functional groups attached to an aromatic ring is 1. The van der Waals surface area contributed by atoms with Gasteiger partial charge in [0.15, 0.2) is 5.65 Å². The lowest BCUT2D eigenvalue weighted by Gasteiger charge is -2.09. The van der Waals surface area contributed by atoms with Crippen LogP contribution in [0.3, 0.4) is 0 Å². The molecule has 164 valence electrons. The van der Waals surface area contributed by atoms with Crippen LogP contribution in [0.1, 0.15) is 5.56 Å². The van der Waals surface area contributed by atoms with Gasteiger partial charge < -0.3 is 11.1 Å². The molecule has 0 fully saturated rings. The Balaban J connectivity index is 1.65. The molecule has 0 aliphatic heterocycles. The number of nitrogens with zero attached hydrogens (tertiary/aromatic N) is 4. The predicted molar refractivity (Wildman–Crippen MR) is 125 cm³/mol. The Hall–Kier alpha value is -4.04. The Morgan fingerprint density at radius 1 is 0.939 bits per heavy atom. The predicted octanol–water partition coefficient (Wildman–Crippen LogP) is 5.61. The van der Waals surface area contributed by atoms with Crippen molar-refractivity contribution in [3.05, 3.63) is 95.0 Å². The summed E-state index contributed by atoms with van der Waals surface area (Å²) in [4.78, 5) is 9.02. The van der Waals surface area contributed by atoms with Gasteiger partial charge in [0.1, 0.15) is 17.5 Å². The monoisotopic (exact) mass is 462 g/mol. The van der Waals surface area contributed by atoms with Gasteiger partial charge >= 0.3 is 0 Å². The lowest BCUT2D eigenvalue weighted by atomic mass is 10.1. The second-order valence-corrected chi connectivity index (χ2v) is 7.77. The zero-order valence-corrected chi connectivity index (χ0v) is 17.9. The summed E-state index contributed by atoms with van der Waals surface area (Å²) in [5, 5.41) is 8.60. The van der Waals surface area contributed by atoms with E-state index in [1.807, 2.05) is 0 Å². The van der Waals surface area contributed by atoms with Gasteiger partial charge in [-0.05, 0) is 54.1 Å². The number of hydrogen-bond acceptors (Lipinski definition) is 5. The molecule has 0 amide bonds. The van der Waals surface area contributed by atoms with Gasteiger partial charge in [-0.15, -0.1) is 5.10 Å². The van der Waals surface area contributed by atoms with Crippen LogP contribution < -0.4 is 11.1 Å². The van der Waals surface area contributed by atoms with E-state index in [-0.39, 0.29) is 35.3 Å². The van der Waals surface area contributed by atoms with Gasteiger partial charge in [-0.3, -0.25) is 0 Å². The topological polar surface area (TPSA) is 81.7 Å². The van der Waals surface area contributed by atoms with Crippen LogP contribution in [-0.4, -0.2) is 19.7 Å². The third kappa shape index (κ3) is 4.08. The van der Waals surface area contributed by atoms with Crippen LogP contribution in [0.25, 0.3) is 28.0 Å². The Morgan fingerprint density at radius 3 is 2.48 bits per heavy atom. The Bertz CT molecular complexity index is 1470. The van der Waals surface area contributed by atoms with Crippen molar-refractivity contribution in [1.29, 1.82) is 0 Å². The highest BCUT2D eigenvalue weighted by molar-refractivity contribution is 6.30. The molecule has 0 saturated heterocycles. The molecule has 2 heterocycles. The van der Waals surface area contributed by atoms with Gasteiger partial charge in [-0.1, -0.05) is 35.9 Å². The molecule has 0 radical (unpaired) electrons. The Kier molecular flexibility index (Phi) is 5.35. The van der Waals surface area contributed by atoms with E-state index in [1.54, 1.807) is 54.6 Å². The summed E-state index contributed by atoms with van der Waals surface area (Å²) in [6.07, 6.45) is 0. The number of hydrogen-bond donors (Lipinski definition) is 2. The van der Waals surface area contributed by atoms with Crippen molar-refractivity contribution in [2.75, 3.05) is 11.1 Å². The number of halogens is 3. The van der Waals surface area contributed by atoms with E-state index < -0.39 is 5.82 Å². The van der Waals surface area contributed by atoms with Gasteiger partial charge in [-0.2, -0.15) is 4.98 Å². The maximum Gasteiger partial charge on any atom is 0.225 e. The van der Waals surface area contributed by atoms with Crippen LogP contribution in [0.5, 0.6) is 0 Å². The van der Waals surface area contributed by atoms with Crippen molar-refractivity contribution >= 4 is 34.4 Å². The van der Waals surface area contributed by atoms with Crippen molar-refractivity contribution in [2.45, 2.75) is 6.54 Å². The highest BCUT2D eigenvalue weighted by Crippen LogP contribution is 2.34. The fourth-order valence-electron chi connectivity index (χ4n) is 3.55. The molecular weight excluding hydrogens is 446 g/mol. The largest absolute Gasteiger partial charge is 0.383 e. The Morgan fingerprint density at radius 2 is 1.73 bits per heavy atom. The number of fused-ring (bicyclic) bond motifs is 1. The summed E-state index contributed by atoms with van der Waals surface area (Å²) in [5.74, 6) is -0.313. The second-order valence-electron chi connectivity index (χ2n) is 7.33. The first kappa shape index (κ1) is 20.8. The van der Waals surface area contributed by atoms with Gasteiger partial charge in [0.2, 0.25) is 5.95 Å². The van der Waals surface area contributed by atoms with Crippen molar-refractivity contribution in [1.82, 2.24) is 19.7 Å². The average molecular weight is 463 g/mol. The van der Waals surface area contributed by atoms with Crippen LogP contribution in [-0.2, 0) is 6.54 Å². The highest BCUT2D eigenvalue weighted by Gasteiger charge is 2.21. The van der Waals surface area contributed by atoms with E-state index in [4.69, 9.17) is 17.3 Å². The van der Waals surface area contributed by atoms with E-state index >= 15 is 0 Å². The minimum Gasteiger partial charge on any atom is -0.383 e. The van der Waals surface area contributed by atoms with Gasteiger partial charge in [0.25, 0.3) is 0 Å². The van der Waals surface area contributed by atoms with E-state index in [1.165, 1.54) is 22.9 Å². The summed E-state index contributed by atoms with van der Waals surface area (Å²) in [6, 6.07) is 19.4. The lowest BCUT2D eigenvalue weighted by Crippen LogP contribution is -2.05. The molecule has 3 N–H and O–H groups in total. The molecule has 0 unspecified atom stereocenters. The number of aromatic nitrogens is 4. The minimum atomic E-state index is -0.452. The SMILES string of the molecule is Nc1c2c(-c3ccccc3F)nc(NCc3cccc(F)c3)nc2nn1-c1ccc(Cl)cc1. The highest BCUT2D eigenvalue weighted by atomic mass is 35.5. The lowest BCUT2D eigenvalue weighted by molar-refractivity contribution is 0.625. The quantitative estimate of drug-likeness (QED) is 0.355. The van der Waals surface area contributed by atoms with Crippen molar-refractivity contribution in [3.8, 4) is 16.9 Å². The molecule has 3 aromatic carbocycles. The molecule has 9 heteroatoms. The number of nitrogens with two attached hydrogens (primary N) is 1. The van der Waals surface area contributed by atoms with Crippen molar-refractivity contribution in [2.24, 2.45) is 0 Å². The smallest absolute Gasteiger partial charge is 0.225 e. The first-order chi connectivity index (χ1) is 16.0. The third-order valence-corrected chi connectivity index (χ3v) is 5.36. The number of rotatable bonds is 5. The van der Waals surface area contributed by atoms with E-state index in [2.05, 4.69) is 20.4 Å². The molecule has 0 atom stereocenters. The van der Waals surface area contributed by atoms with Crippen molar-refractivity contribution in [3.63, 3.8) is 0 Å². The van der Waals surface area contributed by atoms with Crippen LogP contribution in [0.4, 0.5) is 20.5 Å². The van der Waals surface area contributed by atoms with E-state index in [9.17, 15) is 8.78 Å². The molecule has 0 spiro atoms. The molecule has 0 aliphatic carbocycles. The third-order valence-electron chi connectivity index (χ3n) is 5.11. The fourth-order valence-corrected chi connectivity index (χ4v) is 3.67. The molecular formula is C24H17ClF2N6. The number of nitrogens with one attached hydrogen (secondary N) is 1. The molecule has 0 saturated carbocycles. The first-order valence-corrected chi connectivity index (χ1v) is 10.4. The molecule has 33 heavy (non-hydrogen) atoms. The zero-order valence-electron chi connectivity index (χ0n) is 17.1. The van der Waals surface area contributed by atoms with E-state index in [0.29, 0.717) is 27.4 Å². The maximum atomic E-state index is 14.7. The molecule has 5 rings (SSSR count). The standard InChI is InChI=1S/C24H17ClF2N6/c25-15-8-10-17(11-9-15)33-22(28)20-21(18-6-1-2-7-19(18)27)30-24(31-23(20)32-33)29-13-14-4-3-5-16(26)12-14/h1-12H,13,28H2,(H,29,31,32). The summed E-state index contributed by atoms with van der Waals surface area (Å²) >= 11 is 6.00. The Labute approximate surface area is 192 Å². The normalized spacial score (nSPS) is 11.1. The van der Waals surface area contributed by atoms with Crippen LogP contribution >= 0.6 is 11.6 Å². The molecule has 5 aromatic rings. The molecule has 0 aliphatic rings. The fraction of sp³-hybridized carbons (Fsp3) is 0.0417. The summed E-state index contributed by atoms with van der Waals surface area (Å²) < 4.78 is 29.8. The number of benzene rings is 3. The summed E-state index contributed by atoms with van der Waals surface area (Å²) in [5.41, 5.74) is 8.67. The van der Waals surface area contributed by atoms with Crippen LogP contribution in [0, 0.1) is 11.6 Å². The molecule has 6 nitrogen and oxygen atoms in total. The van der Waals surface area contributed by atoms with Gasteiger partial charge in [0, 0.05) is 17.1 Å². The van der Waals surface area contributed by atoms with Crippen molar-refractivity contribution < 1.29 is 8.78 Å². The van der Waals surface area contributed by atoms with E-state index in [0.717, 1.165) is 0 Å². The van der Waals surface area contributed by atoms with Gasteiger partial charge in [0.05, 0.1) is 16.8 Å². The molecule has 2 aromatic heterocycles. The summed E-state index contributed by atoms with van der Waals surface area (Å²) in [6.45, 7) is 0.271. The number of anilines is 2. The maximum absolute atomic E-state index is 14.7. The van der Waals surface area contributed by atoms with Gasteiger partial charge in [-0.25, -0.2) is 18.4 Å². The minimum absolute atomic E-state index is 0.214. The van der Waals surface area contributed by atoms with Crippen LogP contribution in [0.2, 0.25) is 5.02 Å². The first-order valence-electron chi connectivity index (χ1n) is 10.0. The average Bonchev–Trinajstić information content (AvgIpc) is 3.14.